The summed E-state index contributed by atoms with van der Waals surface area (Å²) in [5.74, 6) is 0.596. The van der Waals surface area contributed by atoms with Gasteiger partial charge in [-0.1, -0.05) is 18.2 Å². The lowest BCUT2D eigenvalue weighted by molar-refractivity contribution is -0.149. The van der Waals surface area contributed by atoms with Crippen molar-refractivity contribution in [2.75, 3.05) is 32.0 Å². The van der Waals surface area contributed by atoms with Gasteiger partial charge < -0.3 is 15.1 Å². The van der Waals surface area contributed by atoms with Crippen molar-refractivity contribution in [1.82, 2.24) is 14.8 Å². The van der Waals surface area contributed by atoms with E-state index in [1.165, 1.54) is 6.07 Å². The molecule has 2 amide bonds. The van der Waals surface area contributed by atoms with Crippen LogP contribution in [-0.4, -0.2) is 53.3 Å². The average molecular weight is 439 g/mol. The molecule has 1 atom stereocenters. The first kappa shape index (κ1) is 22.2. The third-order valence-electron chi connectivity index (χ3n) is 7.04. The number of nitrogens with zero attached hydrogens (tertiary/aromatic N) is 3. The Morgan fingerprint density at radius 2 is 1.94 bits per heavy atom. The molecule has 2 aliphatic heterocycles. The number of nitrogens with one attached hydrogen (secondary N) is 1. The summed E-state index contributed by atoms with van der Waals surface area (Å²) < 4.78 is 14.6. The quantitative estimate of drug-likeness (QED) is 0.771. The number of hydrogen-bond acceptors (Lipinski definition) is 4. The van der Waals surface area contributed by atoms with Gasteiger partial charge in [0.25, 0.3) is 0 Å². The second kappa shape index (κ2) is 9.27. The van der Waals surface area contributed by atoms with Crippen LogP contribution in [0.4, 0.5) is 10.2 Å². The Bertz CT molecular complexity index is 987. The van der Waals surface area contributed by atoms with Crippen LogP contribution < -0.4 is 5.32 Å². The molecule has 0 spiro atoms. The van der Waals surface area contributed by atoms with Gasteiger partial charge >= 0.3 is 0 Å². The minimum Gasteiger partial charge on any atom is -0.373 e. The van der Waals surface area contributed by atoms with E-state index in [0.29, 0.717) is 44.5 Å². The number of pyridine rings is 1. The van der Waals surface area contributed by atoms with Crippen molar-refractivity contribution in [2.24, 2.45) is 5.41 Å². The van der Waals surface area contributed by atoms with Crippen molar-refractivity contribution in [2.45, 2.75) is 45.1 Å². The van der Waals surface area contributed by atoms with E-state index in [-0.39, 0.29) is 23.7 Å². The van der Waals surface area contributed by atoms with Crippen LogP contribution in [0.15, 0.2) is 42.6 Å². The maximum absolute atomic E-state index is 14.6. The molecule has 1 N–H and O–H groups in total. The van der Waals surface area contributed by atoms with Crippen LogP contribution in [0.2, 0.25) is 0 Å². The first-order valence-corrected chi connectivity index (χ1v) is 11.4. The van der Waals surface area contributed by atoms with Gasteiger partial charge in [0, 0.05) is 39.8 Å². The molecular weight excluding hydrogens is 407 g/mol. The molecule has 1 aromatic heterocycles. The van der Waals surface area contributed by atoms with Gasteiger partial charge in [-0.3, -0.25) is 9.59 Å². The molecule has 32 heavy (non-hydrogen) atoms. The molecule has 2 fully saturated rings. The number of piperidine rings is 1. The Morgan fingerprint density at radius 1 is 1.19 bits per heavy atom. The molecule has 2 saturated heterocycles. The summed E-state index contributed by atoms with van der Waals surface area (Å²) in [5, 5.41) is 3.07. The number of hydrogen-bond donors (Lipinski definition) is 1. The molecule has 0 radical (unpaired) electrons. The molecule has 3 heterocycles. The lowest BCUT2D eigenvalue weighted by Gasteiger charge is -2.43. The monoisotopic (exact) mass is 438 g/mol. The Labute approximate surface area is 188 Å². The van der Waals surface area contributed by atoms with Gasteiger partial charge in [-0.05, 0) is 61.4 Å². The van der Waals surface area contributed by atoms with E-state index >= 15 is 0 Å². The molecule has 0 bridgehead atoms. The first-order valence-electron chi connectivity index (χ1n) is 11.4. The zero-order valence-corrected chi connectivity index (χ0v) is 18.8. The van der Waals surface area contributed by atoms with E-state index in [4.69, 9.17) is 0 Å². The number of benzene rings is 1. The van der Waals surface area contributed by atoms with Crippen LogP contribution in [0.3, 0.4) is 0 Å². The minimum atomic E-state index is -0.713. The number of anilines is 1. The smallest absolute Gasteiger partial charge is 0.229 e. The fraction of sp³-hybridized carbons (Fsp3) is 0.480. The molecule has 2 aliphatic rings. The van der Waals surface area contributed by atoms with Crippen molar-refractivity contribution in [3.63, 3.8) is 0 Å². The number of carbonyl (C=O) groups is 2. The van der Waals surface area contributed by atoms with Gasteiger partial charge in [-0.15, -0.1) is 0 Å². The SMILES string of the molecule is CNc1cc([C@@H]2CCCN2C(=O)C2(Cc3ccccc3F)CCN(C(C)=O)CC2)ccn1. The van der Waals surface area contributed by atoms with Crippen LogP contribution in [0.1, 0.15) is 49.8 Å². The number of halogens is 1. The topological polar surface area (TPSA) is 65.5 Å². The van der Waals surface area contributed by atoms with Crippen molar-refractivity contribution >= 4 is 17.6 Å². The lowest BCUT2D eigenvalue weighted by atomic mass is 9.72. The minimum absolute atomic E-state index is 0.0130. The van der Waals surface area contributed by atoms with Crippen molar-refractivity contribution in [3.8, 4) is 0 Å². The second-order valence-electron chi connectivity index (χ2n) is 8.94. The Balaban J connectivity index is 1.65. The van der Waals surface area contributed by atoms with Gasteiger partial charge in [0.05, 0.1) is 11.5 Å². The van der Waals surface area contributed by atoms with Gasteiger partial charge in [-0.2, -0.15) is 0 Å². The summed E-state index contributed by atoms with van der Waals surface area (Å²) >= 11 is 0. The molecule has 0 saturated carbocycles. The third kappa shape index (κ3) is 4.33. The first-order chi connectivity index (χ1) is 15.4. The van der Waals surface area contributed by atoms with Crippen molar-refractivity contribution in [3.05, 3.63) is 59.5 Å². The third-order valence-corrected chi connectivity index (χ3v) is 7.04. The summed E-state index contributed by atoms with van der Waals surface area (Å²) in [7, 11) is 1.83. The highest BCUT2D eigenvalue weighted by atomic mass is 19.1. The Morgan fingerprint density at radius 3 is 2.62 bits per heavy atom. The predicted molar refractivity (Wildman–Crippen MR) is 121 cm³/mol. The number of aromatic nitrogens is 1. The van der Waals surface area contributed by atoms with E-state index in [0.717, 1.165) is 24.2 Å². The maximum Gasteiger partial charge on any atom is 0.229 e. The molecule has 1 aromatic carbocycles. The fourth-order valence-corrected chi connectivity index (χ4v) is 5.17. The van der Waals surface area contributed by atoms with Gasteiger partial charge in [0.1, 0.15) is 11.6 Å². The number of carbonyl (C=O) groups excluding carboxylic acids is 2. The highest BCUT2D eigenvalue weighted by molar-refractivity contribution is 5.84. The Kier molecular flexibility index (Phi) is 6.44. The van der Waals surface area contributed by atoms with Crippen molar-refractivity contribution in [1.29, 1.82) is 0 Å². The van der Waals surface area contributed by atoms with Gasteiger partial charge in [0.2, 0.25) is 11.8 Å². The van der Waals surface area contributed by atoms with E-state index < -0.39 is 5.41 Å². The van der Waals surface area contributed by atoms with Crippen LogP contribution >= 0.6 is 0 Å². The predicted octanol–water partition coefficient (Wildman–Crippen LogP) is 3.80. The highest BCUT2D eigenvalue weighted by Crippen LogP contribution is 2.42. The number of amides is 2. The molecule has 170 valence electrons. The average Bonchev–Trinajstić information content (AvgIpc) is 3.30. The summed E-state index contributed by atoms with van der Waals surface area (Å²) in [4.78, 5) is 34.1. The molecule has 4 rings (SSSR count). The molecule has 7 heteroatoms. The summed E-state index contributed by atoms with van der Waals surface area (Å²) in [6.07, 6.45) is 5.04. The Hall–Kier alpha value is -2.96. The zero-order valence-electron chi connectivity index (χ0n) is 18.8. The highest BCUT2D eigenvalue weighted by Gasteiger charge is 2.47. The van der Waals surface area contributed by atoms with Crippen LogP contribution in [0, 0.1) is 11.2 Å². The van der Waals surface area contributed by atoms with E-state index in [2.05, 4.69) is 10.3 Å². The largest absolute Gasteiger partial charge is 0.373 e. The van der Waals surface area contributed by atoms with Crippen molar-refractivity contribution < 1.29 is 14.0 Å². The summed E-state index contributed by atoms with van der Waals surface area (Å²) in [6, 6.07) is 10.7. The fourth-order valence-electron chi connectivity index (χ4n) is 5.17. The van der Waals surface area contributed by atoms with Crippen LogP contribution in [0.25, 0.3) is 0 Å². The zero-order chi connectivity index (χ0) is 22.7. The summed E-state index contributed by atoms with van der Waals surface area (Å²) in [5.41, 5.74) is 0.918. The van der Waals surface area contributed by atoms with Gasteiger partial charge in [-0.25, -0.2) is 9.37 Å². The van der Waals surface area contributed by atoms with E-state index in [9.17, 15) is 14.0 Å². The molecular formula is C25H31FN4O2. The lowest BCUT2D eigenvalue weighted by Crippen LogP contribution is -2.52. The summed E-state index contributed by atoms with van der Waals surface area (Å²) in [6.45, 7) is 3.29. The standard InChI is InChI=1S/C25H31FN4O2/c1-18(31)29-14-10-25(11-15-29,17-20-6-3-4-7-21(20)26)24(32)30-13-5-8-22(30)19-9-12-28-23(16-19)27-2/h3-4,6-7,9,12,16,22H,5,8,10-11,13-15,17H2,1-2H3,(H,27,28)/t22-/m0/s1. The molecule has 0 unspecified atom stereocenters. The number of rotatable bonds is 5. The van der Waals surface area contributed by atoms with Crippen LogP contribution in [0.5, 0.6) is 0 Å². The molecule has 2 aromatic rings. The normalized spacial score (nSPS) is 20.3. The number of likely N-dealkylation sites (tertiary alicyclic amines) is 2. The molecule has 6 nitrogen and oxygen atoms in total. The van der Waals surface area contributed by atoms with Crippen LogP contribution in [-0.2, 0) is 16.0 Å². The second-order valence-corrected chi connectivity index (χ2v) is 8.94. The van der Waals surface area contributed by atoms with E-state index in [1.807, 2.05) is 30.1 Å². The maximum atomic E-state index is 14.6. The van der Waals surface area contributed by atoms with Gasteiger partial charge in [0.15, 0.2) is 0 Å². The van der Waals surface area contributed by atoms with E-state index in [1.54, 1.807) is 30.2 Å². The molecule has 0 aliphatic carbocycles.